The van der Waals surface area contributed by atoms with Gasteiger partial charge in [0.2, 0.25) is 5.88 Å². The van der Waals surface area contributed by atoms with Gasteiger partial charge in [-0.05, 0) is 38.8 Å². The molecule has 2 aliphatic rings. The zero-order chi connectivity index (χ0) is 24.1. The molecule has 33 heavy (non-hydrogen) atoms. The molecule has 1 fully saturated rings. The van der Waals surface area contributed by atoms with E-state index in [2.05, 4.69) is 11.6 Å². The van der Waals surface area contributed by atoms with Crippen LogP contribution in [0.15, 0.2) is 46.9 Å². The Hall–Kier alpha value is -3.56. The molecule has 0 saturated carbocycles. The van der Waals surface area contributed by atoms with Gasteiger partial charge in [-0.15, -0.1) is 0 Å². The van der Waals surface area contributed by atoms with Gasteiger partial charge in [0, 0.05) is 61.6 Å². The first-order valence-electron chi connectivity index (χ1n) is 11.0. The van der Waals surface area contributed by atoms with Crippen molar-refractivity contribution in [3.05, 3.63) is 57.6 Å². The molecule has 0 aromatic heterocycles. The van der Waals surface area contributed by atoms with Crippen molar-refractivity contribution in [3.63, 3.8) is 0 Å². The number of ether oxygens (including phenoxy) is 2. The fourth-order valence-corrected chi connectivity index (χ4v) is 3.98. The molecule has 0 bridgehead atoms. The maximum absolute atomic E-state index is 12.1. The normalized spacial score (nSPS) is 17.2. The smallest absolute Gasteiger partial charge is 0.410 e. The second-order valence-electron chi connectivity index (χ2n) is 8.36. The van der Waals surface area contributed by atoms with Crippen LogP contribution in [0, 0.1) is 10.1 Å². The Kier molecular flexibility index (Phi) is 7.57. The summed E-state index contributed by atoms with van der Waals surface area (Å²) in [5.74, 6) is 0.376. The number of allylic oxidation sites excluding steroid dienone is 1. The summed E-state index contributed by atoms with van der Waals surface area (Å²) >= 11 is 0. The number of rotatable bonds is 7. The van der Waals surface area contributed by atoms with Gasteiger partial charge in [0.15, 0.2) is 0 Å². The minimum Gasteiger partial charge on any atom is -0.474 e. The van der Waals surface area contributed by atoms with Crippen LogP contribution in [0.2, 0.25) is 0 Å². The van der Waals surface area contributed by atoms with Crippen molar-refractivity contribution < 1.29 is 19.2 Å². The van der Waals surface area contributed by atoms with E-state index >= 15 is 0 Å². The minimum atomic E-state index is -0.390. The number of piperidine rings is 1. The van der Waals surface area contributed by atoms with Gasteiger partial charge >= 0.3 is 6.09 Å². The van der Waals surface area contributed by atoms with Crippen molar-refractivity contribution in [3.8, 4) is 0 Å². The molecule has 1 aromatic carbocycles. The number of likely N-dealkylation sites (tertiary alicyclic amines) is 1. The molecule has 1 aromatic rings. The van der Waals surface area contributed by atoms with Crippen LogP contribution in [0.25, 0.3) is 0 Å². The van der Waals surface area contributed by atoms with Crippen molar-refractivity contribution in [1.29, 1.82) is 0 Å². The largest absolute Gasteiger partial charge is 0.474 e. The number of hydrogen-bond acceptors (Lipinski definition) is 7. The number of carbonyl (C=O) groups excluding carboxylic acids is 1. The second kappa shape index (κ2) is 10.4. The van der Waals surface area contributed by atoms with Crippen molar-refractivity contribution >= 4 is 23.8 Å². The zero-order valence-electron chi connectivity index (χ0n) is 19.3. The molecule has 1 amide bonds. The monoisotopic (exact) mass is 457 g/mol. The van der Waals surface area contributed by atoms with Gasteiger partial charge < -0.3 is 25.0 Å². The van der Waals surface area contributed by atoms with E-state index in [0.29, 0.717) is 50.5 Å². The molecule has 10 nitrogen and oxygen atoms in total. The number of nitrogens with two attached hydrogens (primary N) is 1. The van der Waals surface area contributed by atoms with E-state index in [0.717, 1.165) is 16.8 Å². The molecule has 2 heterocycles. The van der Waals surface area contributed by atoms with Gasteiger partial charge in [-0.3, -0.25) is 10.1 Å². The zero-order valence-corrected chi connectivity index (χ0v) is 19.3. The average molecular weight is 458 g/mol. The summed E-state index contributed by atoms with van der Waals surface area (Å²) in [4.78, 5) is 30.7. The predicted octanol–water partition coefficient (Wildman–Crippen LogP) is 3.72. The van der Waals surface area contributed by atoms with Crippen molar-refractivity contribution in [2.45, 2.75) is 52.2 Å². The number of aliphatic imine (C=N–C) groups is 1. The highest BCUT2D eigenvalue weighted by atomic mass is 16.6. The van der Waals surface area contributed by atoms with E-state index in [4.69, 9.17) is 15.2 Å². The number of nitro groups is 1. The first-order valence-corrected chi connectivity index (χ1v) is 11.0. The Balaban J connectivity index is 1.70. The molecule has 0 radical (unpaired) electrons. The number of carbonyl (C=O) groups is 1. The lowest BCUT2D eigenvalue weighted by Gasteiger charge is -2.32. The SMILES string of the molecule is C=C(/C(C)=C(\N=CN)OC1CCN(C(=O)OC(C)C)CC1)N1CCc2cc([N+](=O)[O-])ccc21. The summed E-state index contributed by atoms with van der Waals surface area (Å²) in [7, 11) is 0. The number of nitrogens with zero attached hydrogens (tertiary/aromatic N) is 4. The van der Waals surface area contributed by atoms with Gasteiger partial charge in [0.25, 0.3) is 5.69 Å². The fraction of sp³-hybridized carbons (Fsp3) is 0.478. The minimum absolute atomic E-state index is 0.0776. The molecule has 3 rings (SSSR count). The standard InChI is InChI=1S/C23H31N5O5/c1-15(2)32-23(29)26-10-8-20(9-11-26)33-22(25-14-24)16(3)17(4)27-12-7-18-13-19(28(30)31)5-6-21(18)27/h5-6,13-15,20H,4,7-12H2,1-3H3,(H2,24,25)/b22-16+. The lowest BCUT2D eigenvalue weighted by Crippen LogP contribution is -2.41. The van der Waals surface area contributed by atoms with Crippen molar-refractivity contribution in [1.82, 2.24) is 4.90 Å². The lowest BCUT2D eigenvalue weighted by atomic mass is 10.1. The maximum atomic E-state index is 12.1. The Labute approximate surface area is 193 Å². The first-order chi connectivity index (χ1) is 15.7. The highest BCUT2D eigenvalue weighted by molar-refractivity contribution is 5.68. The van der Waals surface area contributed by atoms with E-state index in [9.17, 15) is 14.9 Å². The Bertz CT molecular complexity index is 979. The van der Waals surface area contributed by atoms with E-state index in [-0.39, 0.29) is 24.0 Å². The molecule has 0 unspecified atom stereocenters. The Morgan fingerprint density at radius 3 is 2.64 bits per heavy atom. The van der Waals surface area contributed by atoms with Crippen LogP contribution in [0.1, 0.15) is 39.2 Å². The topological polar surface area (TPSA) is 124 Å². The number of benzene rings is 1. The van der Waals surface area contributed by atoms with E-state index in [1.807, 2.05) is 25.7 Å². The Morgan fingerprint density at radius 1 is 1.33 bits per heavy atom. The molecule has 0 atom stereocenters. The van der Waals surface area contributed by atoms with E-state index in [1.165, 1.54) is 12.4 Å². The highest BCUT2D eigenvalue weighted by Gasteiger charge is 2.28. The highest BCUT2D eigenvalue weighted by Crippen LogP contribution is 2.36. The fourth-order valence-electron chi connectivity index (χ4n) is 3.98. The number of anilines is 1. The lowest BCUT2D eigenvalue weighted by molar-refractivity contribution is -0.384. The summed E-state index contributed by atoms with van der Waals surface area (Å²) in [5, 5.41) is 11.1. The Morgan fingerprint density at radius 2 is 2.03 bits per heavy atom. The predicted molar refractivity (Wildman–Crippen MR) is 126 cm³/mol. The van der Waals surface area contributed by atoms with Gasteiger partial charge in [-0.25, -0.2) is 9.79 Å². The van der Waals surface area contributed by atoms with Crippen LogP contribution in [-0.2, 0) is 15.9 Å². The van der Waals surface area contributed by atoms with Crippen LogP contribution in [0.3, 0.4) is 0 Å². The van der Waals surface area contributed by atoms with Crippen LogP contribution in [0.5, 0.6) is 0 Å². The van der Waals surface area contributed by atoms with E-state index in [1.54, 1.807) is 17.0 Å². The quantitative estimate of drug-likeness (QED) is 0.165. The number of non-ortho nitro benzene ring substituents is 1. The van der Waals surface area contributed by atoms with Gasteiger partial charge in [0.1, 0.15) is 6.10 Å². The van der Waals surface area contributed by atoms with Gasteiger partial charge in [-0.2, -0.15) is 0 Å². The molecule has 0 aliphatic carbocycles. The van der Waals surface area contributed by atoms with Gasteiger partial charge in [0.05, 0.1) is 17.4 Å². The average Bonchev–Trinajstić information content (AvgIpc) is 3.21. The third kappa shape index (κ3) is 5.63. The molecule has 2 N–H and O–H groups in total. The first kappa shape index (κ1) is 24.1. The summed E-state index contributed by atoms with van der Waals surface area (Å²) in [5.41, 5.74) is 8.87. The summed E-state index contributed by atoms with van der Waals surface area (Å²) in [6, 6.07) is 4.85. The van der Waals surface area contributed by atoms with Gasteiger partial charge in [-0.1, -0.05) is 6.58 Å². The molecule has 2 aliphatic heterocycles. The molecule has 0 spiro atoms. The maximum Gasteiger partial charge on any atom is 0.410 e. The summed E-state index contributed by atoms with van der Waals surface area (Å²) in [6.45, 7) is 11.5. The van der Waals surface area contributed by atoms with Crippen molar-refractivity contribution in [2.75, 3.05) is 24.5 Å². The van der Waals surface area contributed by atoms with Crippen LogP contribution in [-0.4, -0.2) is 54.1 Å². The number of fused-ring (bicyclic) bond motifs is 1. The molecule has 178 valence electrons. The number of amides is 1. The van der Waals surface area contributed by atoms with Crippen LogP contribution in [0.4, 0.5) is 16.2 Å². The number of hydrogen-bond donors (Lipinski definition) is 1. The third-order valence-corrected chi connectivity index (χ3v) is 5.76. The summed E-state index contributed by atoms with van der Waals surface area (Å²) in [6.07, 6.45) is 2.57. The molecular formula is C23H31N5O5. The second-order valence-corrected chi connectivity index (χ2v) is 8.36. The van der Waals surface area contributed by atoms with Crippen LogP contribution >= 0.6 is 0 Å². The van der Waals surface area contributed by atoms with Crippen molar-refractivity contribution in [2.24, 2.45) is 10.7 Å². The molecular weight excluding hydrogens is 426 g/mol. The van der Waals surface area contributed by atoms with E-state index < -0.39 is 4.92 Å². The van der Waals surface area contributed by atoms with Crippen LogP contribution < -0.4 is 10.6 Å². The third-order valence-electron chi connectivity index (χ3n) is 5.76. The molecule has 1 saturated heterocycles. The summed E-state index contributed by atoms with van der Waals surface area (Å²) < 4.78 is 11.4. The number of nitro benzene ring substituents is 1. The molecule has 10 heteroatoms.